The zero-order valence-corrected chi connectivity index (χ0v) is 11.1. The van der Waals surface area contributed by atoms with Crippen molar-refractivity contribution in [3.05, 3.63) is 35.4 Å². The lowest BCUT2D eigenvalue weighted by Crippen LogP contribution is -2.21. The minimum Gasteiger partial charge on any atom is -0.320 e. The number of alkyl halides is 3. The van der Waals surface area contributed by atoms with Gasteiger partial charge in [0.2, 0.25) is 0 Å². The molecule has 0 aliphatic heterocycles. The quantitative estimate of drug-likeness (QED) is 0.846. The minimum absolute atomic E-state index is 0.0861. The summed E-state index contributed by atoms with van der Waals surface area (Å²) in [7, 11) is 1.90. The maximum absolute atomic E-state index is 12.4. The molecule has 18 heavy (non-hydrogen) atoms. The Kier molecular flexibility index (Phi) is 4.79. The van der Waals surface area contributed by atoms with Crippen LogP contribution in [-0.4, -0.2) is 13.6 Å². The van der Waals surface area contributed by atoms with Gasteiger partial charge in [0, 0.05) is 0 Å². The van der Waals surface area contributed by atoms with Crippen molar-refractivity contribution < 1.29 is 13.2 Å². The van der Waals surface area contributed by atoms with Crippen LogP contribution in [0.4, 0.5) is 13.2 Å². The van der Waals surface area contributed by atoms with Gasteiger partial charge in [0.1, 0.15) is 0 Å². The van der Waals surface area contributed by atoms with E-state index in [4.69, 9.17) is 0 Å². The standard InChI is InChI=1S/C14H20F3N/c1-13(2,8-9-18-3)10-11-4-6-12(7-5-11)14(15,16)17/h4-7,18H,8-10H2,1-3H3. The largest absolute Gasteiger partial charge is 0.416 e. The molecule has 1 aromatic rings. The van der Waals surface area contributed by atoms with E-state index in [-0.39, 0.29) is 5.41 Å². The molecule has 1 nitrogen and oxygen atoms in total. The maximum atomic E-state index is 12.4. The molecule has 0 radical (unpaired) electrons. The third kappa shape index (κ3) is 4.69. The summed E-state index contributed by atoms with van der Waals surface area (Å²) in [4.78, 5) is 0. The normalized spacial score (nSPS) is 12.8. The van der Waals surface area contributed by atoms with Crippen LogP contribution in [0.2, 0.25) is 0 Å². The Bertz CT molecular complexity index is 366. The lowest BCUT2D eigenvalue weighted by atomic mass is 9.82. The van der Waals surface area contributed by atoms with Gasteiger partial charge in [-0.05, 0) is 49.5 Å². The summed E-state index contributed by atoms with van der Waals surface area (Å²) in [5.74, 6) is 0. The van der Waals surface area contributed by atoms with Crippen LogP contribution in [0.3, 0.4) is 0 Å². The third-order valence-electron chi connectivity index (χ3n) is 3.02. The lowest BCUT2D eigenvalue weighted by molar-refractivity contribution is -0.137. The Hall–Kier alpha value is -1.03. The minimum atomic E-state index is -4.25. The van der Waals surface area contributed by atoms with Crippen LogP contribution >= 0.6 is 0 Å². The first-order chi connectivity index (χ1) is 8.24. The molecule has 1 aromatic carbocycles. The average molecular weight is 259 g/mol. The highest BCUT2D eigenvalue weighted by Gasteiger charge is 2.30. The number of halogens is 3. The molecule has 0 unspecified atom stereocenters. The molecule has 0 aromatic heterocycles. The average Bonchev–Trinajstić information content (AvgIpc) is 2.25. The van der Waals surface area contributed by atoms with Gasteiger partial charge in [-0.25, -0.2) is 0 Å². The van der Waals surface area contributed by atoms with Crippen molar-refractivity contribution in [3.8, 4) is 0 Å². The number of hydrogen-bond donors (Lipinski definition) is 1. The van der Waals surface area contributed by atoms with Crippen molar-refractivity contribution in [2.75, 3.05) is 13.6 Å². The fourth-order valence-electron chi connectivity index (χ4n) is 1.92. The van der Waals surface area contributed by atoms with Gasteiger partial charge in [0.25, 0.3) is 0 Å². The zero-order valence-electron chi connectivity index (χ0n) is 11.1. The fourth-order valence-corrected chi connectivity index (χ4v) is 1.92. The smallest absolute Gasteiger partial charge is 0.320 e. The summed E-state index contributed by atoms with van der Waals surface area (Å²) in [6, 6.07) is 5.46. The molecule has 102 valence electrons. The summed E-state index contributed by atoms with van der Waals surface area (Å²) >= 11 is 0. The van der Waals surface area contributed by atoms with Crippen LogP contribution in [0.5, 0.6) is 0 Å². The summed E-state index contributed by atoms with van der Waals surface area (Å²) in [5.41, 5.74) is 0.450. The molecule has 0 fully saturated rings. The molecule has 0 spiro atoms. The van der Waals surface area contributed by atoms with E-state index in [0.29, 0.717) is 0 Å². The van der Waals surface area contributed by atoms with Crippen LogP contribution in [0.1, 0.15) is 31.4 Å². The van der Waals surface area contributed by atoms with Crippen LogP contribution in [0.25, 0.3) is 0 Å². The Morgan fingerprint density at radius 1 is 1.06 bits per heavy atom. The third-order valence-corrected chi connectivity index (χ3v) is 3.02. The Balaban J connectivity index is 2.69. The van der Waals surface area contributed by atoms with Gasteiger partial charge in [-0.2, -0.15) is 13.2 Å². The van der Waals surface area contributed by atoms with E-state index in [2.05, 4.69) is 19.2 Å². The Morgan fingerprint density at radius 2 is 1.61 bits per heavy atom. The molecule has 0 bridgehead atoms. The lowest BCUT2D eigenvalue weighted by Gasteiger charge is -2.24. The molecule has 1 N–H and O–H groups in total. The highest BCUT2D eigenvalue weighted by atomic mass is 19.4. The molecule has 0 aliphatic rings. The first kappa shape index (κ1) is 15.0. The molecule has 4 heteroatoms. The van der Waals surface area contributed by atoms with Crippen LogP contribution in [-0.2, 0) is 12.6 Å². The van der Waals surface area contributed by atoms with Crippen molar-refractivity contribution in [2.45, 2.75) is 32.9 Å². The SMILES string of the molecule is CNCCC(C)(C)Cc1ccc(C(F)(F)F)cc1. The molecule has 0 saturated heterocycles. The Labute approximate surface area is 106 Å². The fraction of sp³-hybridized carbons (Fsp3) is 0.571. The number of rotatable bonds is 5. The molecule has 0 amide bonds. The van der Waals surface area contributed by atoms with E-state index in [1.807, 2.05) is 7.05 Å². The van der Waals surface area contributed by atoms with Gasteiger partial charge in [0.05, 0.1) is 5.56 Å². The van der Waals surface area contributed by atoms with E-state index in [9.17, 15) is 13.2 Å². The highest BCUT2D eigenvalue weighted by Crippen LogP contribution is 2.31. The first-order valence-corrected chi connectivity index (χ1v) is 6.05. The van der Waals surface area contributed by atoms with E-state index in [0.717, 1.165) is 37.1 Å². The molecule has 1 rings (SSSR count). The topological polar surface area (TPSA) is 12.0 Å². The van der Waals surface area contributed by atoms with Gasteiger partial charge in [0.15, 0.2) is 0 Å². The monoisotopic (exact) mass is 259 g/mol. The molecular weight excluding hydrogens is 239 g/mol. The van der Waals surface area contributed by atoms with Gasteiger partial charge in [-0.15, -0.1) is 0 Å². The summed E-state index contributed by atoms with van der Waals surface area (Å²) < 4.78 is 37.2. The van der Waals surface area contributed by atoms with Crippen molar-refractivity contribution in [1.29, 1.82) is 0 Å². The van der Waals surface area contributed by atoms with E-state index < -0.39 is 11.7 Å². The van der Waals surface area contributed by atoms with Crippen LogP contribution < -0.4 is 5.32 Å². The highest BCUT2D eigenvalue weighted by molar-refractivity contribution is 5.25. The predicted octanol–water partition coefficient (Wildman–Crippen LogP) is 3.88. The van der Waals surface area contributed by atoms with E-state index in [1.54, 1.807) is 12.1 Å². The van der Waals surface area contributed by atoms with E-state index in [1.165, 1.54) is 0 Å². The van der Waals surface area contributed by atoms with Gasteiger partial charge < -0.3 is 5.32 Å². The molecule has 0 aliphatic carbocycles. The van der Waals surface area contributed by atoms with Gasteiger partial charge in [-0.3, -0.25) is 0 Å². The number of benzene rings is 1. The summed E-state index contributed by atoms with van der Waals surface area (Å²) in [6.45, 7) is 5.16. The van der Waals surface area contributed by atoms with Crippen molar-refractivity contribution in [3.63, 3.8) is 0 Å². The number of nitrogens with one attached hydrogen (secondary N) is 1. The first-order valence-electron chi connectivity index (χ1n) is 6.05. The predicted molar refractivity (Wildman–Crippen MR) is 67.5 cm³/mol. The van der Waals surface area contributed by atoms with Crippen LogP contribution in [0, 0.1) is 5.41 Å². The van der Waals surface area contributed by atoms with Crippen LogP contribution in [0.15, 0.2) is 24.3 Å². The van der Waals surface area contributed by atoms with E-state index >= 15 is 0 Å². The summed E-state index contributed by atoms with van der Waals surface area (Å²) in [5, 5.41) is 3.09. The Morgan fingerprint density at radius 3 is 2.06 bits per heavy atom. The second kappa shape index (κ2) is 5.74. The van der Waals surface area contributed by atoms with Crippen molar-refractivity contribution in [2.24, 2.45) is 5.41 Å². The number of hydrogen-bond acceptors (Lipinski definition) is 1. The van der Waals surface area contributed by atoms with Gasteiger partial charge >= 0.3 is 6.18 Å². The molecule has 0 saturated carbocycles. The van der Waals surface area contributed by atoms with Crippen molar-refractivity contribution in [1.82, 2.24) is 5.32 Å². The second-order valence-electron chi connectivity index (χ2n) is 5.39. The second-order valence-corrected chi connectivity index (χ2v) is 5.39. The van der Waals surface area contributed by atoms with Gasteiger partial charge in [-0.1, -0.05) is 26.0 Å². The molecule has 0 atom stereocenters. The summed E-state index contributed by atoms with van der Waals surface area (Å²) in [6.07, 6.45) is -2.47. The molecule has 0 heterocycles. The zero-order chi connectivity index (χ0) is 13.8. The molecular formula is C14H20F3N. The van der Waals surface area contributed by atoms with Crippen molar-refractivity contribution >= 4 is 0 Å². The maximum Gasteiger partial charge on any atom is 0.416 e.